The zero-order valence-corrected chi connectivity index (χ0v) is 8.70. The Balaban J connectivity index is 1.91. The highest BCUT2D eigenvalue weighted by Crippen LogP contribution is 2.10. The lowest BCUT2D eigenvalue weighted by atomic mass is 10.0. The first-order chi connectivity index (χ1) is 7.36. The molecule has 0 bridgehead atoms. The molecule has 0 radical (unpaired) electrons. The van der Waals surface area contributed by atoms with Gasteiger partial charge >= 0.3 is 0 Å². The molecule has 0 aliphatic carbocycles. The molecule has 0 saturated carbocycles. The zero-order chi connectivity index (χ0) is 10.5. The molecule has 0 spiro atoms. The Bertz CT molecular complexity index is 318. The fourth-order valence-electron chi connectivity index (χ4n) is 1.83. The van der Waals surface area contributed by atoms with E-state index in [0.717, 1.165) is 25.1 Å². The molecule has 1 saturated heterocycles. The van der Waals surface area contributed by atoms with E-state index in [-0.39, 0.29) is 11.9 Å². The highest BCUT2D eigenvalue weighted by atomic mass is 16.2. The van der Waals surface area contributed by atoms with Gasteiger partial charge in [-0.1, -0.05) is 24.6 Å². The summed E-state index contributed by atoms with van der Waals surface area (Å²) < 4.78 is 0. The Kier molecular flexibility index (Phi) is 3.35. The van der Waals surface area contributed by atoms with Crippen LogP contribution in [0.15, 0.2) is 30.3 Å². The molecule has 0 unspecified atom stereocenters. The molecule has 2 rings (SSSR count). The summed E-state index contributed by atoms with van der Waals surface area (Å²) in [5, 5.41) is 6.14. The van der Waals surface area contributed by atoms with Crippen molar-refractivity contribution < 1.29 is 4.79 Å². The number of anilines is 1. The van der Waals surface area contributed by atoms with Gasteiger partial charge in [0.05, 0.1) is 6.04 Å². The van der Waals surface area contributed by atoms with Crippen LogP contribution in [0.4, 0.5) is 5.69 Å². The molecule has 2 N–H and O–H groups in total. The van der Waals surface area contributed by atoms with Crippen LogP contribution in [-0.2, 0) is 4.79 Å². The number of piperidine rings is 1. The van der Waals surface area contributed by atoms with Gasteiger partial charge in [-0.05, 0) is 31.5 Å². The highest BCUT2D eigenvalue weighted by molar-refractivity contribution is 5.94. The summed E-state index contributed by atoms with van der Waals surface area (Å²) in [5.41, 5.74) is 0.870. The summed E-state index contributed by atoms with van der Waals surface area (Å²) in [6.07, 6.45) is 3.26. The molecule has 1 aliphatic rings. The number of amides is 1. The number of rotatable bonds is 2. The maximum Gasteiger partial charge on any atom is 0.241 e. The predicted octanol–water partition coefficient (Wildman–Crippen LogP) is 1.77. The Morgan fingerprint density at radius 3 is 2.73 bits per heavy atom. The molecule has 1 atom stereocenters. The van der Waals surface area contributed by atoms with Gasteiger partial charge in [-0.2, -0.15) is 0 Å². The minimum absolute atomic E-state index is 0.0149. The highest BCUT2D eigenvalue weighted by Gasteiger charge is 2.19. The van der Waals surface area contributed by atoms with Crippen LogP contribution < -0.4 is 10.6 Å². The van der Waals surface area contributed by atoms with Crippen LogP contribution in [-0.4, -0.2) is 18.5 Å². The molecule has 0 aromatic heterocycles. The van der Waals surface area contributed by atoms with E-state index in [9.17, 15) is 4.79 Å². The topological polar surface area (TPSA) is 41.1 Å². The van der Waals surface area contributed by atoms with E-state index in [4.69, 9.17) is 0 Å². The van der Waals surface area contributed by atoms with Crippen molar-refractivity contribution in [2.45, 2.75) is 25.3 Å². The van der Waals surface area contributed by atoms with Gasteiger partial charge in [0, 0.05) is 5.69 Å². The number of hydrogen-bond donors (Lipinski definition) is 2. The first-order valence-corrected chi connectivity index (χ1v) is 5.45. The van der Waals surface area contributed by atoms with Gasteiger partial charge in [0.25, 0.3) is 0 Å². The average molecular weight is 204 g/mol. The van der Waals surface area contributed by atoms with E-state index in [0.29, 0.717) is 0 Å². The van der Waals surface area contributed by atoms with Crippen molar-refractivity contribution in [1.82, 2.24) is 5.32 Å². The summed E-state index contributed by atoms with van der Waals surface area (Å²) in [4.78, 5) is 11.8. The Hall–Kier alpha value is -1.35. The molecule has 1 heterocycles. The normalized spacial score (nSPS) is 20.9. The molecule has 1 amide bonds. The van der Waals surface area contributed by atoms with E-state index in [1.165, 1.54) is 6.42 Å². The van der Waals surface area contributed by atoms with E-state index >= 15 is 0 Å². The van der Waals surface area contributed by atoms with Crippen LogP contribution in [0.2, 0.25) is 0 Å². The molecule has 1 aliphatic heterocycles. The summed E-state index contributed by atoms with van der Waals surface area (Å²) in [5.74, 6) is 0.0842. The average Bonchev–Trinajstić information content (AvgIpc) is 2.31. The maximum absolute atomic E-state index is 11.8. The van der Waals surface area contributed by atoms with Crippen molar-refractivity contribution in [1.29, 1.82) is 0 Å². The second-order valence-electron chi connectivity index (χ2n) is 3.86. The lowest BCUT2D eigenvalue weighted by Crippen LogP contribution is -2.43. The fourth-order valence-corrected chi connectivity index (χ4v) is 1.83. The van der Waals surface area contributed by atoms with Gasteiger partial charge < -0.3 is 10.6 Å². The van der Waals surface area contributed by atoms with E-state index < -0.39 is 0 Å². The van der Waals surface area contributed by atoms with Crippen molar-refractivity contribution in [2.24, 2.45) is 0 Å². The maximum atomic E-state index is 11.8. The lowest BCUT2D eigenvalue weighted by Gasteiger charge is -2.22. The van der Waals surface area contributed by atoms with Crippen LogP contribution >= 0.6 is 0 Å². The third kappa shape index (κ3) is 2.80. The second kappa shape index (κ2) is 4.94. The summed E-state index contributed by atoms with van der Waals surface area (Å²) in [6.45, 7) is 0.951. The molecule has 1 aromatic rings. The summed E-state index contributed by atoms with van der Waals surface area (Å²) in [6, 6.07) is 9.57. The van der Waals surface area contributed by atoms with E-state index in [2.05, 4.69) is 10.6 Å². The first kappa shape index (κ1) is 10.2. The third-order valence-electron chi connectivity index (χ3n) is 2.67. The number of carbonyl (C=O) groups is 1. The fraction of sp³-hybridized carbons (Fsp3) is 0.417. The molecular weight excluding hydrogens is 188 g/mol. The Labute approximate surface area is 89.9 Å². The quantitative estimate of drug-likeness (QED) is 0.770. The number of benzene rings is 1. The molecule has 3 nitrogen and oxygen atoms in total. The molecule has 80 valence electrons. The number of carbonyl (C=O) groups excluding carboxylic acids is 1. The van der Waals surface area contributed by atoms with Gasteiger partial charge in [0.1, 0.15) is 0 Å². The molecule has 3 heteroatoms. The Morgan fingerprint density at radius 1 is 1.27 bits per heavy atom. The summed E-state index contributed by atoms with van der Waals surface area (Å²) in [7, 11) is 0. The smallest absolute Gasteiger partial charge is 0.241 e. The van der Waals surface area contributed by atoms with E-state index in [1.54, 1.807) is 0 Å². The first-order valence-electron chi connectivity index (χ1n) is 5.45. The summed E-state index contributed by atoms with van der Waals surface area (Å²) >= 11 is 0. The SMILES string of the molecule is O=C(Nc1ccccc1)[C@@H]1CCCCN1. The second-order valence-corrected chi connectivity index (χ2v) is 3.86. The van der Waals surface area contributed by atoms with Crippen LogP contribution in [0.3, 0.4) is 0 Å². The lowest BCUT2D eigenvalue weighted by molar-refractivity contribution is -0.118. The van der Waals surface area contributed by atoms with Crippen molar-refractivity contribution >= 4 is 11.6 Å². The third-order valence-corrected chi connectivity index (χ3v) is 2.67. The van der Waals surface area contributed by atoms with Crippen molar-refractivity contribution in [3.05, 3.63) is 30.3 Å². The monoisotopic (exact) mass is 204 g/mol. The van der Waals surface area contributed by atoms with Crippen LogP contribution in [0.1, 0.15) is 19.3 Å². The van der Waals surface area contributed by atoms with Crippen LogP contribution in [0.5, 0.6) is 0 Å². The Morgan fingerprint density at radius 2 is 2.07 bits per heavy atom. The molecule has 1 aromatic carbocycles. The van der Waals surface area contributed by atoms with Gasteiger partial charge in [-0.3, -0.25) is 4.79 Å². The van der Waals surface area contributed by atoms with Crippen LogP contribution in [0, 0.1) is 0 Å². The number of nitrogens with one attached hydrogen (secondary N) is 2. The van der Waals surface area contributed by atoms with E-state index in [1.807, 2.05) is 30.3 Å². The minimum atomic E-state index is -0.0149. The van der Waals surface area contributed by atoms with Crippen molar-refractivity contribution in [2.75, 3.05) is 11.9 Å². The van der Waals surface area contributed by atoms with Crippen molar-refractivity contribution in [3.8, 4) is 0 Å². The number of para-hydroxylation sites is 1. The number of hydrogen-bond acceptors (Lipinski definition) is 2. The van der Waals surface area contributed by atoms with Crippen molar-refractivity contribution in [3.63, 3.8) is 0 Å². The molecule has 1 fully saturated rings. The zero-order valence-electron chi connectivity index (χ0n) is 8.70. The van der Waals surface area contributed by atoms with Gasteiger partial charge in [-0.25, -0.2) is 0 Å². The minimum Gasteiger partial charge on any atom is -0.325 e. The molecule has 15 heavy (non-hydrogen) atoms. The molecular formula is C12H16N2O. The largest absolute Gasteiger partial charge is 0.325 e. The standard InChI is InChI=1S/C12H16N2O/c15-12(11-8-4-5-9-13-11)14-10-6-2-1-3-7-10/h1-3,6-7,11,13H,4-5,8-9H2,(H,14,15)/t11-/m0/s1. The van der Waals surface area contributed by atoms with Gasteiger partial charge in [0.2, 0.25) is 5.91 Å². The van der Waals surface area contributed by atoms with Gasteiger partial charge in [-0.15, -0.1) is 0 Å². The van der Waals surface area contributed by atoms with Crippen LogP contribution in [0.25, 0.3) is 0 Å². The predicted molar refractivity (Wildman–Crippen MR) is 60.7 cm³/mol. The van der Waals surface area contributed by atoms with Gasteiger partial charge in [0.15, 0.2) is 0 Å².